The first kappa shape index (κ1) is 11.1. The van der Waals surface area contributed by atoms with E-state index in [1.54, 1.807) is 12.3 Å². The van der Waals surface area contributed by atoms with E-state index in [4.69, 9.17) is 5.11 Å². The maximum Gasteiger partial charge on any atom is 0.328 e. The number of aromatic nitrogens is 1. The molecule has 0 atom stereocenters. The summed E-state index contributed by atoms with van der Waals surface area (Å²) < 4.78 is 0. The van der Waals surface area contributed by atoms with Gasteiger partial charge in [-0.3, -0.25) is 4.98 Å². The number of nitrogens with zero attached hydrogens (tertiary/aromatic N) is 1. The van der Waals surface area contributed by atoms with Gasteiger partial charge in [0.2, 0.25) is 0 Å². The molecule has 3 nitrogen and oxygen atoms in total. The van der Waals surface area contributed by atoms with E-state index in [-0.39, 0.29) is 0 Å². The van der Waals surface area contributed by atoms with E-state index in [0.717, 1.165) is 17.2 Å². The second kappa shape index (κ2) is 5.07. The van der Waals surface area contributed by atoms with Gasteiger partial charge in [-0.2, -0.15) is 0 Å². The Bertz CT molecular complexity index is 530. The molecule has 0 unspecified atom stereocenters. The van der Waals surface area contributed by atoms with E-state index in [9.17, 15) is 4.79 Å². The van der Waals surface area contributed by atoms with Gasteiger partial charge >= 0.3 is 5.97 Å². The lowest BCUT2D eigenvalue weighted by atomic mass is 10.1. The normalized spacial score (nSPS) is 10.6. The predicted octanol–water partition coefficient (Wildman–Crippen LogP) is 2.85. The van der Waals surface area contributed by atoms with E-state index < -0.39 is 5.97 Å². The first-order chi connectivity index (χ1) is 8.25. The molecule has 0 aliphatic carbocycles. The maximum absolute atomic E-state index is 10.3. The SMILES string of the molecule is O=C(O)C=Cc1ccc(-c2ccccc2)cn1. The molecule has 2 rings (SSSR count). The average Bonchev–Trinajstić information content (AvgIpc) is 2.38. The second-order valence-corrected chi connectivity index (χ2v) is 3.51. The Kier molecular flexibility index (Phi) is 3.31. The summed E-state index contributed by atoms with van der Waals surface area (Å²) in [5.41, 5.74) is 2.74. The summed E-state index contributed by atoms with van der Waals surface area (Å²) in [6.45, 7) is 0. The number of rotatable bonds is 3. The zero-order chi connectivity index (χ0) is 12.1. The van der Waals surface area contributed by atoms with Gasteiger partial charge in [0, 0.05) is 17.8 Å². The Balaban J connectivity index is 2.22. The first-order valence-corrected chi connectivity index (χ1v) is 5.18. The molecule has 0 spiro atoms. The molecule has 0 bridgehead atoms. The van der Waals surface area contributed by atoms with Crippen LogP contribution >= 0.6 is 0 Å². The van der Waals surface area contributed by atoms with E-state index in [1.165, 1.54) is 6.08 Å². The van der Waals surface area contributed by atoms with Crippen LogP contribution in [0, 0.1) is 0 Å². The van der Waals surface area contributed by atoms with Crippen LogP contribution < -0.4 is 0 Å². The van der Waals surface area contributed by atoms with Crippen molar-refractivity contribution in [2.75, 3.05) is 0 Å². The minimum atomic E-state index is -0.973. The number of aliphatic carboxylic acids is 1. The molecular formula is C14H11NO2. The Morgan fingerprint density at radius 3 is 2.41 bits per heavy atom. The smallest absolute Gasteiger partial charge is 0.328 e. The van der Waals surface area contributed by atoms with E-state index in [1.807, 2.05) is 36.4 Å². The summed E-state index contributed by atoms with van der Waals surface area (Å²) in [7, 11) is 0. The molecule has 0 amide bonds. The van der Waals surface area contributed by atoms with Crippen LogP contribution in [0.4, 0.5) is 0 Å². The minimum absolute atomic E-state index is 0.632. The van der Waals surface area contributed by atoms with Gasteiger partial charge < -0.3 is 5.11 Å². The Morgan fingerprint density at radius 1 is 1.06 bits per heavy atom. The Labute approximate surface area is 99.1 Å². The first-order valence-electron chi connectivity index (χ1n) is 5.18. The summed E-state index contributed by atoms with van der Waals surface area (Å²) in [5.74, 6) is -0.973. The highest BCUT2D eigenvalue weighted by Crippen LogP contribution is 2.17. The molecular weight excluding hydrogens is 214 g/mol. The van der Waals surface area contributed by atoms with Crippen LogP contribution in [0.25, 0.3) is 17.2 Å². The fourth-order valence-electron chi connectivity index (χ4n) is 1.46. The zero-order valence-corrected chi connectivity index (χ0v) is 9.08. The van der Waals surface area contributed by atoms with Gasteiger partial charge in [-0.1, -0.05) is 36.4 Å². The molecule has 84 valence electrons. The lowest BCUT2D eigenvalue weighted by Gasteiger charge is -2.00. The molecule has 1 heterocycles. The van der Waals surface area contributed by atoms with Gasteiger partial charge in [0.1, 0.15) is 0 Å². The summed E-state index contributed by atoms with van der Waals surface area (Å²) in [6, 6.07) is 13.6. The lowest BCUT2D eigenvalue weighted by molar-refractivity contribution is -0.131. The Hall–Kier alpha value is -2.42. The minimum Gasteiger partial charge on any atom is -0.478 e. The number of carboxylic acids is 1. The second-order valence-electron chi connectivity index (χ2n) is 3.51. The molecule has 0 saturated heterocycles. The molecule has 0 radical (unpaired) electrons. The highest BCUT2D eigenvalue weighted by Gasteiger charge is 1.97. The lowest BCUT2D eigenvalue weighted by Crippen LogP contribution is -1.87. The molecule has 0 saturated carbocycles. The van der Waals surface area contributed by atoms with Crippen molar-refractivity contribution < 1.29 is 9.90 Å². The van der Waals surface area contributed by atoms with Crippen LogP contribution in [-0.4, -0.2) is 16.1 Å². The number of hydrogen-bond donors (Lipinski definition) is 1. The van der Waals surface area contributed by atoms with Gasteiger partial charge in [0.05, 0.1) is 5.69 Å². The molecule has 1 aromatic carbocycles. The summed E-state index contributed by atoms with van der Waals surface area (Å²) in [4.78, 5) is 14.5. The van der Waals surface area contributed by atoms with E-state index in [0.29, 0.717) is 5.69 Å². The highest BCUT2D eigenvalue weighted by atomic mass is 16.4. The summed E-state index contributed by atoms with van der Waals surface area (Å²) in [6.07, 6.45) is 4.28. The maximum atomic E-state index is 10.3. The molecule has 0 aliphatic heterocycles. The summed E-state index contributed by atoms with van der Waals surface area (Å²) in [5, 5.41) is 8.49. The van der Waals surface area contributed by atoms with Gasteiger partial charge in [0.25, 0.3) is 0 Å². The number of hydrogen-bond acceptors (Lipinski definition) is 2. The topological polar surface area (TPSA) is 50.2 Å². The van der Waals surface area contributed by atoms with Crippen molar-refractivity contribution in [2.24, 2.45) is 0 Å². The van der Waals surface area contributed by atoms with Crippen molar-refractivity contribution in [2.45, 2.75) is 0 Å². The van der Waals surface area contributed by atoms with E-state index >= 15 is 0 Å². The van der Waals surface area contributed by atoms with Gasteiger partial charge in [-0.25, -0.2) is 4.79 Å². The number of carboxylic acid groups (broad SMARTS) is 1. The molecule has 0 fully saturated rings. The molecule has 17 heavy (non-hydrogen) atoms. The van der Waals surface area contributed by atoms with Crippen LogP contribution in [-0.2, 0) is 4.79 Å². The number of pyridine rings is 1. The Morgan fingerprint density at radius 2 is 1.82 bits per heavy atom. The van der Waals surface area contributed by atoms with Gasteiger partial charge in [0.15, 0.2) is 0 Å². The fourth-order valence-corrected chi connectivity index (χ4v) is 1.46. The van der Waals surface area contributed by atoms with Crippen LogP contribution in [0.2, 0.25) is 0 Å². The van der Waals surface area contributed by atoms with Crippen molar-refractivity contribution in [1.29, 1.82) is 0 Å². The molecule has 3 heteroatoms. The van der Waals surface area contributed by atoms with Crippen molar-refractivity contribution in [3.63, 3.8) is 0 Å². The van der Waals surface area contributed by atoms with Crippen LogP contribution in [0.1, 0.15) is 5.69 Å². The average molecular weight is 225 g/mol. The third kappa shape index (κ3) is 3.01. The molecule has 1 aromatic heterocycles. The van der Waals surface area contributed by atoms with Gasteiger partial charge in [-0.15, -0.1) is 0 Å². The fraction of sp³-hybridized carbons (Fsp3) is 0. The number of carbonyl (C=O) groups is 1. The molecule has 1 N–H and O–H groups in total. The monoisotopic (exact) mass is 225 g/mol. The largest absolute Gasteiger partial charge is 0.478 e. The zero-order valence-electron chi connectivity index (χ0n) is 9.08. The molecule has 2 aromatic rings. The highest BCUT2D eigenvalue weighted by molar-refractivity contribution is 5.84. The number of benzene rings is 1. The third-order valence-corrected chi connectivity index (χ3v) is 2.29. The van der Waals surface area contributed by atoms with Crippen molar-refractivity contribution in [1.82, 2.24) is 4.98 Å². The van der Waals surface area contributed by atoms with E-state index in [2.05, 4.69) is 4.98 Å². The van der Waals surface area contributed by atoms with Gasteiger partial charge in [-0.05, 0) is 17.7 Å². The standard InChI is InChI=1S/C14H11NO2/c16-14(17)9-8-13-7-6-12(10-15-13)11-4-2-1-3-5-11/h1-10H,(H,16,17). The van der Waals surface area contributed by atoms with Crippen molar-refractivity contribution in [3.8, 4) is 11.1 Å². The predicted molar refractivity (Wildman–Crippen MR) is 66.3 cm³/mol. The summed E-state index contributed by atoms with van der Waals surface area (Å²) >= 11 is 0. The van der Waals surface area contributed by atoms with Crippen LogP contribution in [0.15, 0.2) is 54.7 Å². The van der Waals surface area contributed by atoms with Crippen LogP contribution in [0.3, 0.4) is 0 Å². The van der Waals surface area contributed by atoms with Crippen LogP contribution in [0.5, 0.6) is 0 Å². The quantitative estimate of drug-likeness (QED) is 0.817. The van der Waals surface area contributed by atoms with Crippen molar-refractivity contribution >= 4 is 12.0 Å². The third-order valence-electron chi connectivity index (χ3n) is 2.29. The van der Waals surface area contributed by atoms with Crippen molar-refractivity contribution in [3.05, 3.63) is 60.4 Å². The molecule has 0 aliphatic rings.